The van der Waals surface area contributed by atoms with Crippen LogP contribution in [0.5, 0.6) is 0 Å². The number of benzene rings is 2. The summed E-state index contributed by atoms with van der Waals surface area (Å²) < 4.78 is 89.9. The molecule has 4 heterocycles. The minimum Gasteiger partial charge on any atom is -0.481 e. The predicted molar refractivity (Wildman–Crippen MR) is 401 cm³/mol. The van der Waals surface area contributed by atoms with Crippen molar-refractivity contribution in [3.8, 4) is 11.8 Å². The van der Waals surface area contributed by atoms with Crippen molar-refractivity contribution in [3.05, 3.63) is 106 Å². The molecule has 594 valence electrons. The lowest BCUT2D eigenvalue weighted by Crippen LogP contribution is -2.52. The number of carboxylic acid groups (broad SMARTS) is 3. The van der Waals surface area contributed by atoms with Gasteiger partial charge in [0.25, 0.3) is 20.2 Å². The number of aromatic nitrogens is 2. The molecule has 1 fully saturated rings. The number of carboxylic acids is 3. The first-order valence-electron chi connectivity index (χ1n) is 33.6. The third kappa shape index (κ3) is 26.8. The molecule has 43 heteroatoms. The number of nitrogens with two attached hydrogens (primary N) is 1. The van der Waals surface area contributed by atoms with E-state index in [-0.39, 0.29) is 90.5 Å². The summed E-state index contributed by atoms with van der Waals surface area (Å²) in [5.41, 5.74) is 7.72. The van der Waals surface area contributed by atoms with Crippen molar-refractivity contribution in [2.45, 2.75) is 175 Å². The Hall–Kier alpha value is -7.25. The van der Waals surface area contributed by atoms with Crippen molar-refractivity contribution in [1.82, 2.24) is 36.1 Å². The lowest BCUT2D eigenvalue weighted by atomic mass is 9.80. The first kappa shape index (κ1) is 89.6. The van der Waals surface area contributed by atoms with E-state index in [9.17, 15) is 89.3 Å². The molecule has 0 bridgehead atoms. The summed E-state index contributed by atoms with van der Waals surface area (Å²) >= 11 is 0. The Morgan fingerprint density at radius 2 is 1.42 bits per heavy atom. The maximum atomic E-state index is 13.8. The third-order valence-corrected chi connectivity index (χ3v) is 23.8. The van der Waals surface area contributed by atoms with E-state index >= 15 is 0 Å². The monoisotopic (exact) mass is 1650 g/mol. The van der Waals surface area contributed by atoms with Gasteiger partial charge < -0.3 is 86.5 Å². The van der Waals surface area contributed by atoms with E-state index in [1.54, 1.807) is 12.1 Å². The van der Waals surface area contributed by atoms with E-state index in [0.717, 1.165) is 21.5 Å². The van der Waals surface area contributed by atoms with E-state index in [0.29, 0.717) is 56.4 Å². The fourth-order valence-electron chi connectivity index (χ4n) is 11.9. The molecule has 1 aromatic heterocycles. The molecule has 6 rings (SSSR count). The quantitative estimate of drug-likeness (QED) is 0.00954. The molecule has 108 heavy (non-hydrogen) atoms. The van der Waals surface area contributed by atoms with Gasteiger partial charge in [-0.15, -0.1) is 0 Å². The first-order chi connectivity index (χ1) is 50.8. The van der Waals surface area contributed by atoms with Gasteiger partial charge in [0, 0.05) is 90.9 Å². The number of nitrogen functional groups attached to an aromatic ring is 1. The number of carbonyl (C=O) groups excluding carboxylic acids is 5. The minimum absolute atomic E-state index is 0.000316. The fourth-order valence-corrected chi connectivity index (χ4v) is 16.7. The van der Waals surface area contributed by atoms with E-state index in [1.807, 2.05) is 70.3 Å². The third-order valence-electron chi connectivity index (χ3n) is 17.3. The largest absolute Gasteiger partial charge is 0.481 e. The Labute approximate surface area is 635 Å². The van der Waals surface area contributed by atoms with Gasteiger partial charge in [-0.2, -0.15) is 21.8 Å². The highest BCUT2D eigenvalue weighted by atomic mass is 33.1. The van der Waals surface area contributed by atoms with Gasteiger partial charge in [-0.1, -0.05) is 98.3 Å². The Balaban J connectivity index is 1.04. The zero-order valence-corrected chi connectivity index (χ0v) is 65.3. The molecule has 0 radical (unpaired) electrons. The number of carbonyl (C=O) groups is 8. The Morgan fingerprint density at radius 3 is 2.05 bits per heavy atom. The average molecular weight is 1650 g/mol. The van der Waals surface area contributed by atoms with Crippen LogP contribution in [0.4, 0.5) is 17.2 Å². The van der Waals surface area contributed by atoms with E-state index in [4.69, 9.17) is 34.2 Å². The van der Waals surface area contributed by atoms with Crippen molar-refractivity contribution in [3.63, 3.8) is 0 Å². The summed E-state index contributed by atoms with van der Waals surface area (Å²) in [5, 5.41) is 50.7. The molecular weight excluding hydrogens is 1560 g/mol. The standard InChI is InChI=1S/C65H89N10O26P3S4/c1-6-73-47-24-22-40(107(92,93)94)31-42(47)64(2,3)51(73)18-10-7-11-19-52-65(4,5)43-32-41(108(95,96)97)23-25-48(43)74(52)29-15-9-13-21-55(79)70-46(60(84)68-27-14-8-12-20-54(78)69-44(33-57(80)81)61(85)71-45(62(86)87)34-58(82)83)38-106-105-30-26-53(77)67-28-16-17-39-36-75(63(88)72-59(39)66)56-35-49(76)50(99-56)37-98-102-100-104(91)101-103(89)90/h7,10-11,18-19,22-25,31-32,36,44-46,49-51,56,76,89-91,102H,6,8-9,12-15,20-21,26-30,33-35,37-38H2,1-5H3,(H,67,77)(H,68,84)(H,69,78)(H,70,79)(H,71,85)(H,80,81)(H,82,83)(H,86,87)(H2,66,72,88)(H,92,93,94)(H,95,96,97)/b11-7+,18-10+,52-19+/t44?,45?,46?,49?,50-,51?,56-,104?/m1/s1. The Kier molecular flexibility index (Phi) is 34.6. The fraction of sp³-hybridized carbons (Fsp3) is 0.508. The van der Waals surface area contributed by atoms with Crippen LogP contribution in [0.1, 0.15) is 135 Å². The molecule has 1 saturated heterocycles. The van der Waals surface area contributed by atoms with Gasteiger partial charge in [0.1, 0.15) is 36.3 Å². The second-order valence-corrected chi connectivity index (χ2v) is 34.1. The summed E-state index contributed by atoms with van der Waals surface area (Å²) in [6.07, 6.45) is 7.80. The highest BCUT2D eigenvalue weighted by molar-refractivity contribution is 8.76. The number of nitrogens with zero attached hydrogens (tertiary/aromatic N) is 4. The van der Waals surface area contributed by atoms with Gasteiger partial charge >= 0.3 is 40.8 Å². The van der Waals surface area contributed by atoms with Crippen molar-refractivity contribution < 1.29 is 117 Å². The molecule has 7 unspecified atom stereocenters. The maximum Gasteiger partial charge on any atom is 0.351 e. The number of nitrogens with one attached hydrogen (secondary N) is 5. The van der Waals surface area contributed by atoms with Gasteiger partial charge in [0.05, 0.1) is 53.5 Å². The van der Waals surface area contributed by atoms with Crippen LogP contribution in [0.3, 0.4) is 0 Å². The van der Waals surface area contributed by atoms with Gasteiger partial charge in [0.15, 0.2) is 9.03 Å². The summed E-state index contributed by atoms with van der Waals surface area (Å²) in [4.78, 5) is 148. The normalized spacial score (nSPS) is 18.9. The molecule has 3 aliphatic heterocycles. The maximum absolute atomic E-state index is 13.8. The number of rotatable bonds is 43. The predicted octanol–water partition coefficient (Wildman–Crippen LogP) is 3.90. The van der Waals surface area contributed by atoms with Gasteiger partial charge in [-0.25, -0.2) is 13.9 Å². The van der Waals surface area contributed by atoms with Gasteiger partial charge in [-0.05, 0) is 86.2 Å². The van der Waals surface area contributed by atoms with Crippen LogP contribution in [-0.4, -0.2) is 199 Å². The van der Waals surface area contributed by atoms with E-state index in [2.05, 4.69) is 52.2 Å². The van der Waals surface area contributed by atoms with Crippen LogP contribution in [-0.2, 0) is 87.3 Å². The lowest BCUT2D eigenvalue weighted by molar-refractivity contribution is -0.148. The number of ether oxygens (including phenoxy) is 1. The SMILES string of the molecule is CCN1c2ccc(S(=O)(=O)O)cc2C(C)(C)C1/C=C/C=C/C=C1/N(CCCCCC(=O)NC(CSSCCC(=O)NCC#Cc2cn([C@H]3CC(O)[C@@H](COPOP(O)OP(O)O)O3)c(=O)nc2N)C(=O)NCCCCCC(=O)NC(CC(=O)O)C(=O)NC(CC(=O)O)C(=O)O)c2ccc(S(=O)(=O)O)cc2C1(C)C. The molecule has 0 saturated carbocycles. The number of aliphatic carboxylic acids is 3. The van der Waals surface area contributed by atoms with E-state index < -0.39 is 160 Å². The number of allylic oxidation sites excluding steroid dienone is 5. The Bertz CT molecular complexity index is 4200. The first-order valence-corrected chi connectivity index (χ1v) is 42.1. The zero-order valence-electron chi connectivity index (χ0n) is 59.3. The summed E-state index contributed by atoms with van der Waals surface area (Å²) in [6, 6.07) is 4.07. The molecular formula is C65H89N10O26P3S4. The number of unbranched alkanes of at least 4 members (excludes halogenated alkanes) is 4. The topological polar surface area (TPSA) is 551 Å². The summed E-state index contributed by atoms with van der Waals surface area (Å²) in [6.45, 7) is 10.6. The number of amides is 5. The molecule has 0 aliphatic carbocycles. The molecule has 0 spiro atoms. The van der Waals surface area contributed by atoms with Crippen molar-refractivity contribution in [2.24, 2.45) is 0 Å². The second-order valence-electron chi connectivity index (χ2n) is 25.8. The minimum atomic E-state index is -4.57. The summed E-state index contributed by atoms with van der Waals surface area (Å²) in [5.74, 6) is -2.55. The van der Waals surface area contributed by atoms with Crippen LogP contribution in [0.2, 0.25) is 0 Å². The van der Waals surface area contributed by atoms with E-state index in [1.165, 1.54) is 52.1 Å². The van der Waals surface area contributed by atoms with Crippen LogP contribution in [0, 0.1) is 11.8 Å². The highest BCUT2D eigenvalue weighted by Gasteiger charge is 2.44. The second kappa shape index (κ2) is 41.7. The molecule has 36 nitrogen and oxygen atoms in total. The molecule has 9 atom stereocenters. The number of likely N-dealkylation sites (N-methyl/N-ethyl adjacent to an activating group) is 1. The number of fused-ring (bicyclic) bond motifs is 2. The molecule has 3 aliphatic rings. The van der Waals surface area contributed by atoms with Crippen LogP contribution in [0.15, 0.2) is 93.3 Å². The van der Waals surface area contributed by atoms with Gasteiger partial charge in [-0.3, -0.25) is 51.5 Å². The Morgan fingerprint density at radius 1 is 0.787 bits per heavy atom. The number of hydrogen-bond donors (Lipinski definition) is 15. The van der Waals surface area contributed by atoms with Crippen LogP contribution in [0.25, 0.3) is 0 Å². The smallest absolute Gasteiger partial charge is 0.351 e. The van der Waals surface area contributed by atoms with Crippen LogP contribution < -0.4 is 47.8 Å². The van der Waals surface area contributed by atoms with Crippen molar-refractivity contribution >= 4 is 133 Å². The number of anilines is 3. The zero-order chi connectivity index (χ0) is 79.8. The number of aliphatic hydroxyl groups is 1. The molecule has 3 aromatic rings. The highest BCUT2D eigenvalue weighted by Crippen LogP contribution is 2.51. The molecule has 5 amide bonds. The lowest BCUT2D eigenvalue weighted by Gasteiger charge is -2.31. The van der Waals surface area contributed by atoms with Crippen LogP contribution >= 0.6 is 47.8 Å². The van der Waals surface area contributed by atoms with Crippen molar-refractivity contribution in [2.75, 3.05) is 59.8 Å². The number of hydrogen-bond acceptors (Lipinski definition) is 27. The van der Waals surface area contributed by atoms with Gasteiger partial charge in [0.2, 0.25) is 29.5 Å². The number of aliphatic hydroxyl groups excluding tert-OH is 1. The molecule has 16 N–H and O–H groups in total. The summed E-state index contributed by atoms with van der Waals surface area (Å²) in [7, 11) is -12.9. The average Bonchev–Trinajstić information content (AvgIpc) is 1.59. The van der Waals surface area contributed by atoms with Crippen molar-refractivity contribution in [1.29, 1.82) is 0 Å². The molecule has 2 aromatic carbocycles.